The molecule has 3 rings (SSSR count). The molecule has 0 saturated heterocycles. The number of hydrogen-bond acceptors (Lipinski definition) is 5. The number of aromatic amines is 1. The molecule has 0 spiro atoms. The molecule has 0 aliphatic carbocycles. The van der Waals surface area contributed by atoms with Crippen LogP contribution in [0.4, 0.5) is 0 Å². The number of methoxy groups -OCH3 is 2. The Labute approximate surface area is 133 Å². The van der Waals surface area contributed by atoms with E-state index in [1.54, 1.807) is 14.2 Å². The largest absolute Gasteiger partial charge is 0.493 e. The molecule has 1 aromatic heterocycles. The standard InChI is InChI=1S/C17H14N4O2/c1-22-15-8-7-13(9-16(15)23-2)11-3-5-12(6-4-11)17-14(10-18)19-21-20-17/h3-9H,1-2H3,(H,19,20,21). The van der Waals surface area contributed by atoms with E-state index in [0.29, 0.717) is 22.9 Å². The molecule has 6 heteroatoms. The van der Waals surface area contributed by atoms with Crippen molar-refractivity contribution in [1.29, 1.82) is 5.26 Å². The first-order valence-corrected chi connectivity index (χ1v) is 6.90. The van der Waals surface area contributed by atoms with Crippen molar-refractivity contribution in [2.75, 3.05) is 14.2 Å². The van der Waals surface area contributed by atoms with E-state index in [9.17, 15) is 0 Å². The average molecular weight is 306 g/mol. The van der Waals surface area contributed by atoms with Crippen molar-refractivity contribution in [3.8, 4) is 40.0 Å². The van der Waals surface area contributed by atoms with Crippen LogP contribution < -0.4 is 9.47 Å². The smallest absolute Gasteiger partial charge is 0.163 e. The van der Waals surface area contributed by atoms with Crippen LogP contribution in [0.1, 0.15) is 5.69 Å². The molecule has 0 aliphatic rings. The van der Waals surface area contributed by atoms with E-state index in [2.05, 4.69) is 15.4 Å². The number of benzene rings is 2. The second-order valence-corrected chi connectivity index (χ2v) is 4.79. The van der Waals surface area contributed by atoms with Crippen LogP contribution in [-0.4, -0.2) is 29.6 Å². The first kappa shape index (κ1) is 14.6. The minimum Gasteiger partial charge on any atom is -0.493 e. The predicted molar refractivity (Wildman–Crippen MR) is 85.1 cm³/mol. The molecule has 0 atom stereocenters. The summed E-state index contributed by atoms with van der Waals surface area (Å²) in [5.74, 6) is 1.37. The molecule has 1 N–H and O–H groups in total. The van der Waals surface area contributed by atoms with E-state index < -0.39 is 0 Å². The van der Waals surface area contributed by atoms with Crippen molar-refractivity contribution in [1.82, 2.24) is 15.4 Å². The maximum atomic E-state index is 9.02. The fourth-order valence-electron chi connectivity index (χ4n) is 2.34. The van der Waals surface area contributed by atoms with Gasteiger partial charge >= 0.3 is 0 Å². The van der Waals surface area contributed by atoms with Gasteiger partial charge in [0.25, 0.3) is 0 Å². The van der Waals surface area contributed by atoms with Gasteiger partial charge in [-0.25, -0.2) is 5.10 Å². The second kappa shape index (κ2) is 6.20. The maximum absolute atomic E-state index is 9.02. The van der Waals surface area contributed by atoms with E-state index >= 15 is 0 Å². The lowest BCUT2D eigenvalue weighted by Crippen LogP contribution is -1.91. The van der Waals surface area contributed by atoms with Crippen LogP contribution in [0.25, 0.3) is 22.4 Å². The first-order chi connectivity index (χ1) is 11.3. The Balaban J connectivity index is 1.95. The molecule has 0 radical (unpaired) electrons. The molecule has 0 aliphatic heterocycles. The molecular formula is C17H14N4O2. The third-order valence-corrected chi connectivity index (χ3v) is 3.54. The minimum atomic E-state index is 0.351. The highest BCUT2D eigenvalue weighted by Crippen LogP contribution is 2.33. The highest BCUT2D eigenvalue weighted by molar-refractivity contribution is 5.72. The van der Waals surface area contributed by atoms with Crippen LogP contribution in [0.2, 0.25) is 0 Å². The van der Waals surface area contributed by atoms with E-state index in [0.717, 1.165) is 16.7 Å². The molecule has 0 fully saturated rings. The zero-order valence-electron chi connectivity index (χ0n) is 12.7. The lowest BCUT2D eigenvalue weighted by Gasteiger charge is -2.10. The molecule has 0 unspecified atom stereocenters. The quantitative estimate of drug-likeness (QED) is 0.801. The van der Waals surface area contributed by atoms with Crippen LogP contribution in [-0.2, 0) is 0 Å². The minimum absolute atomic E-state index is 0.351. The molecule has 23 heavy (non-hydrogen) atoms. The summed E-state index contributed by atoms with van der Waals surface area (Å²) in [7, 11) is 3.22. The number of hydrogen-bond donors (Lipinski definition) is 1. The number of aromatic nitrogens is 3. The lowest BCUT2D eigenvalue weighted by molar-refractivity contribution is 0.355. The zero-order valence-corrected chi connectivity index (χ0v) is 12.7. The first-order valence-electron chi connectivity index (χ1n) is 6.90. The maximum Gasteiger partial charge on any atom is 0.163 e. The van der Waals surface area contributed by atoms with Gasteiger partial charge in [0.15, 0.2) is 17.2 Å². The van der Waals surface area contributed by atoms with Crippen molar-refractivity contribution >= 4 is 0 Å². The summed E-state index contributed by atoms with van der Waals surface area (Å²) in [5.41, 5.74) is 3.77. The van der Waals surface area contributed by atoms with Gasteiger partial charge in [0, 0.05) is 5.56 Å². The summed E-state index contributed by atoms with van der Waals surface area (Å²) >= 11 is 0. The van der Waals surface area contributed by atoms with Gasteiger partial charge < -0.3 is 9.47 Å². The predicted octanol–water partition coefficient (Wildman–Crippen LogP) is 3.03. The monoisotopic (exact) mass is 306 g/mol. The van der Waals surface area contributed by atoms with Crippen LogP contribution in [0, 0.1) is 11.3 Å². The molecule has 0 amide bonds. The number of nitriles is 1. The van der Waals surface area contributed by atoms with Crippen molar-refractivity contribution < 1.29 is 9.47 Å². The second-order valence-electron chi connectivity index (χ2n) is 4.79. The zero-order chi connectivity index (χ0) is 16.2. The number of nitrogens with one attached hydrogen (secondary N) is 1. The summed E-state index contributed by atoms with van der Waals surface area (Å²) in [5, 5.41) is 19.2. The summed E-state index contributed by atoms with van der Waals surface area (Å²) in [6.45, 7) is 0. The van der Waals surface area contributed by atoms with E-state index in [1.165, 1.54) is 0 Å². The van der Waals surface area contributed by atoms with Gasteiger partial charge in [0.05, 0.1) is 14.2 Å². The van der Waals surface area contributed by atoms with E-state index in [1.807, 2.05) is 48.5 Å². The highest BCUT2D eigenvalue weighted by Gasteiger charge is 2.10. The van der Waals surface area contributed by atoms with Gasteiger partial charge in [0.1, 0.15) is 11.8 Å². The Morgan fingerprint density at radius 1 is 0.913 bits per heavy atom. The van der Waals surface area contributed by atoms with Gasteiger partial charge in [-0.2, -0.15) is 5.26 Å². The normalized spacial score (nSPS) is 10.1. The molecular weight excluding hydrogens is 292 g/mol. The molecule has 3 aromatic rings. The summed E-state index contributed by atoms with van der Waals surface area (Å²) in [6.07, 6.45) is 0. The fourth-order valence-corrected chi connectivity index (χ4v) is 2.34. The van der Waals surface area contributed by atoms with Crippen molar-refractivity contribution in [2.45, 2.75) is 0 Å². The van der Waals surface area contributed by atoms with Crippen LogP contribution in [0.5, 0.6) is 11.5 Å². The third-order valence-electron chi connectivity index (χ3n) is 3.54. The highest BCUT2D eigenvalue weighted by atomic mass is 16.5. The fraction of sp³-hybridized carbons (Fsp3) is 0.118. The van der Waals surface area contributed by atoms with Crippen molar-refractivity contribution in [3.63, 3.8) is 0 Å². The van der Waals surface area contributed by atoms with E-state index in [4.69, 9.17) is 14.7 Å². The SMILES string of the molecule is COc1ccc(-c2ccc(-c3nn[nH]c3C#N)cc2)cc1OC. The van der Waals surface area contributed by atoms with Gasteiger partial charge in [0.2, 0.25) is 0 Å². The van der Waals surface area contributed by atoms with E-state index in [-0.39, 0.29) is 0 Å². The Kier molecular flexibility index (Phi) is 3.93. The number of nitrogens with zero attached hydrogens (tertiary/aromatic N) is 3. The number of ether oxygens (including phenoxy) is 2. The molecule has 0 saturated carbocycles. The molecule has 114 valence electrons. The average Bonchev–Trinajstić information content (AvgIpc) is 3.10. The summed E-state index contributed by atoms with van der Waals surface area (Å²) < 4.78 is 10.6. The van der Waals surface area contributed by atoms with Crippen molar-refractivity contribution in [2.24, 2.45) is 0 Å². The Morgan fingerprint density at radius 2 is 1.57 bits per heavy atom. The molecule has 2 aromatic carbocycles. The van der Waals surface area contributed by atoms with Crippen LogP contribution >= 0.6 is 0 Å². The number of rotatable bonds is 4. The molecule has 0 bridgehead atoms. The van der Waals surface area contributed by atoms with Crippen LogP contribution in [0.15, 0.2) is 42.5 Å². The van der Waals surface area contributed by atoms with Gasteiger partial charge in [-0.1, -0.05) is 35.5 Å². The van der Waals surface area contributed by atoms with Crippen LogP contribution in [0.3, 0.4) is 0 Å². The Bertz CT molecular complexity index is 863. The third kappa shape index (κ3) is 2.72. The molecule has 6 nitrogen and oxygen atoms in total. The lowest BCUT2D eigenvalue weighted by atomic mass is 10.0. The Hall–Kier alpha value is -3.33. The summed E-state index contributed by atoms with van der Waals surface area (Å²) in [4.78, 5) is 0. The topological polar surface area (TPSA) is 83.8 Å². The number of H-pyrrole nitrogens is 1. The van der Waals surface area contributed by atoms with Gasteiger partial charge in [-0.15, -0.1) is 5.10 Å². The van der Waals surface area contributed by atoms with Gasteiger partial charge in [-0.3, -0.25) is 0 Å². The molecule has 1 heterocycles. The van der Waals surface area contributed by atoms with Gasteiger partial charge in [-0.05, 0) is 23.3 Å². The van der Waals surface area contributed by atoms with Crippen molar-refractivity contribution in [3.05, 3.63) is 48.2 Å². The Morgan fingerprint density at radius 3 is 2.22 bits per heavy atom. The summed E-state index contributed by atoms with van der Waals surface area (Å²) in [6, 6.07) is 15.5.